The van der Waals surface area contributed by atoms with E-state index in [0.29, 0.717) is 17.1 Å². The summed E-state index contributed by atoms with van der Waals surface area (Å²) in [4.78, 5) is 11.5. The SMILES string of the molecule is COc1c(C)cc(C)c(OC)c1C(=O)P.[Li][CH2]CCC. The molecule has 0 aliphatic heterocycles. The number of benzene rings is 1. The molecule has 0 saturated carbocycles. The van der Waals surface area contributed by atoms with Crippen molar-refractivity contribution in [1.82, 2.24) is 0 Å². The van der Waals surface area contributed by atoms with Crippen molar-refractivity contribution in [2.45, 2.75) is 38.7 Å². The Morgan fingerprint density at radius 2 is 1.65 bits per heavy atom. The second-order valence-corrected chi connectivity index (χ2v) is 5.19. The van der Waals surface area contributed by atoms with E-state index in [1.165, 1.54) is 17.9 Å². The zero-order valence-electron chi connectivity index (χ0n) is 13.5. The van der Waals surface area contributed by atoms with Crippen LogP contribution in [0, 0.1) is 13.8 Å². The van der Waals surface area contributed by atoms with E-state index >= 15 is 0 Å². The van der Waals surface area contributed by atoms with Crippen LogP contribution in [0.15, 0.2) is 6.07 Å². The van der Waals surface area contributed by atoms with Crippen molar-refractivity contribution in [1.29, 1.82) is 0 Å². The number of hydrogen-bond acceptors (Lipinski definition) is 3. The van der Waals surface area contributed by atoms with Gasteiger partial charge in [-0.3, -0.25) is 4.79 Å². The Morgan fingerprint density at radius 3 is 1.85 bits per heavy atom. The molecule has 108 valence electrons. The van der Waals surface area contributed by atoms with Crippen LogP contribution >= 0.6 is 9.24 Å². The van der Waals surface area contributed by atoms with Crippen LogP contribution < -0.4 is 9.47 Å². The first-order valence-corrected chi connectivity index (χ1v) is 7.54. The number of carbonyl (C=O) groups is 1. The van der Waals surface area contributed by atoms with Gasteiger partial charge < -0.3 is 9.47 Å². The zero-order chi connectivity index (χ0) is 15.7. The predicted octanol–water partition coefficient (Wildman–Crippen LogP) is 3.71. The van der Waals surface area contributed by atoms with Crippen LogP contribution in [-0.2, 0) is 0 Å². The number of aryl methyl sites for hydroxylation is 2. The van der Waals surface area contributed by atoms with E-state index < -0.39 is 0 Å². The summed E-state index contributed by atoms with van der Waals surface area (Å²) in [5.41, 5.74) is 2.22. The Balaban J connectivity index is 0.000000621. The molecule has 1 unspecified atom stereocenters. The maximum absolute atomic E-state index is 11.5. The van der Waals surface area contributed by atoms with Gasteiger partial charge in [-0.05, 0) is 31.0 Å². The van der Waals surface area contributed by atoms with Gasteiger partial charge in [-0.25, -0.2) is 0 Å². The van der Waals surface area contributed by atoms with Gasteiger partial charge >= 0.3 is 42.6 Å². The Hall–Kier alpha value is -0.483. The summed E-state index contributed by atoms with van der Waals surface area (Å²) >= 11 is 2.21. The van der Waals surface area contributed by atoms with E-state index in [0.717, 1.165) is 11.1 Å². The van der Waals surface area contributed by atoms with Gasteiger partial charge in [-0.1, -0.05) is 9.24 Å². The van der Waals surface area contributed by atoms with Gasteiger partial charge in [0.1, 0.15) is 17.1 Å². The van der Waals surface area contributed by atoms with E-state index in [1.807, 2.05) is 19.9 Å². The van der Waals surface area contributed by atoms with E-state index in [1.54, 1.807) is 14.2 Å². The van der Waals surface area contributed by atoms with Crippen LogP contribution in [0.3, 0.4) is 0 Å². The molecule has 0 aliphatic carbocycles. The molecule has 0 N–H and O–H groups in total. The molecule has 0 fully saturated rings. The summed E-state index contributed by atoms with van der Waals surface area (Å²) in [6.07, 6.45) is 2.73. The van der Waals surface area contributed by atoms with Crippen molar-refractivity contribution in [3.05, 3.63) is 22.8 Å². The molecule has 0 bridgehead atoms. The van der Waals surface area contributed by atoms with E-state index in [-0.39, 0.29) is 5.52 Å². The molecule has 0 heterocycles. The van der Waals surface area contributed by atoms with Crippen molar-refractivity contribution < 1.29 is 14.3 Å². The van der Waals surface area contributed by atoms with E-state index in [9.17, 15) is 4.79 Å². The van der Waals surface area contributed by atoms with Gasteiger partial charge in [-0.2, -0.15) is 0 Å². The number of rotatable bonds is 5. The monoisotopic (exact) mass is 290 g/mol. The Bertz CT molecular complexity index is 417. The molecule has 0 spiro atoms. The third-order valence-electron chi connectivity index (χ3n) is 2.97. The van der Waals surface area contributed by atoms with Gasteiger partial charge in [0.2, 0.25) is 0 Å². The average Bonchev–Trinajstić information content (AvgIpc) is 2.39. The number of methoxy groups -OCH3 is 2. The summed E-state index contributed by atoms with van der Waals surface area (Å²) in [6, 6.07) is 1.94. The second-order valence-electron chi connectivity index (χ2n) is 4.67. The van der Waals surface area contributed by atoms with Crippen molar-refractivity contribution in [2.24, 2.45) is 0 Å². The molecule has 0 aliphatic rings. The molecule has 3 nitrogen and oxygen atoms in total. The molecular formula is C15H24LiO3P. The molecule has 1 rings (SSSR count). The minimum absolute atomic E-state index is 0.129. The fraction of sp³-hybridized carbons (Fsp3) is 0.533. The summed E-state index contributed by atoms with van der Waals surface area (Å²) in [6.45, 7) is 6.02. The standard InChI is InChI=1S/C11H15O3P.C4H9.Li/c1-6-5-7(2)10(14-4)8(11(12)15)9(6)13-3;1-3-4-2;/h5H,15H2,1-4H3;1,3-4H2,2H3;. The molecule has 0 aromatic heterocycles. The van der Waals surface area contributed by atoms with Crippen LogP contribution in [0.5, 0.6) is 11.5 Å². The second kappa shape index (κ2) is 10.3. The number of ether oxygens (including phenoxy) is 2. The molecule has 0 amide bonds. The third-order valence-corrected chi connectivity index (χ3v) is 3.25. The fourth-order valence-corrected chi connectivity index (χ4v) is 2.32. The first kappa shape index (κ1) is 19.5. The molecule has 0 saturated heterocycles. The topological polar surface area (TPSA) is 35.5 Å². The van der Waals surface area contributed by atoms with Crippen LogP contribution in [-0.4, -0.2) is 37.5 Å². The number of carbonyl (C=O) groups excluding carboxylic acids is 1. The summed E-state index contributed by atoms with van der Waals surface area (Å²) in [7, 11) is 5.24. The minimum atomic E-state index is -0.129. The molecule has 1 aromatic carbocycles. The van der Waals surface area contributed by atoms with Gasteiger partial charge in [0.15, 0.2) is 5.52 Å². The Morgan fingerprint density at radius 1 is 1.20 bits per heavy atom. The normalized spacial score (nSPS) is 9.60. The van der Waals surface area contributed by atoms with Crippen molar-refractivity contribution >= 4 is 32.5 Å². The number of hydrogen-bond donors (Lipinski definition) is 0. The molecule has 5 heteroatoms. The fourth-order valence-electron chi connectivity index (χ4n) is 2.06. The third kappa shape index (κ3) is 5.49. The van der Waals surface area contributed by atoms with Gasteiger partial charge in [0.25, 0.3) is 0 Å². The van der Waals surface area contributed by atoms with E-state index in [4.69, 9.17) is 9.47 Å². The van der Waals surface area contributed by atoms with Crippen molar-refractivity contribution in [2.75, 3.05) is 14.2 Å². The Kier molecular flexibility index (Phi) is 10.0. The van der Waals surface area contributed by atoms with Gasteiger partial charge in [0.05, 0.1) is 14.2 Å². The van der Waals surface area contributed by atoms with Crippen LogP contribution in [0.4, 0.5) is 0 Å². The predicted molar refractivity (Wildman–Crippen MR) is 88.5 cm³/mol. The van der Waals surface area contributed by atoms with Gasteiger partial charge in [0, 0.05) is 0 Å². The summed E-state index contributed by atoms with van der Waals surface area (Å²) in [5, 5.41) is 1.34. The van der Waals surface area contributed by atoms with Crippen LogP contribution in [0.2, 0.25) is 5.09 Å². The molecule has 1 aromatic rings. The molecule has 20 heavy (non-hydrogen) atoms. The quantitative estimate of drug-likeness (QED) is 0.612. The van der Waals surface area contributed by atoms with E-state index in [2.05, 4.69) is 33.9 Å². The molecule has 1 atom stereocenters. The average molecular weight is 290 g/mol. The first-order chi connectivity index (χ1) is 9.44. The van der Waals surface area contributed by atoms with Crippen molar-refractivity contribution in [3.63, 3.8) is 0 Å². The Labute approximate surface area is 134 Å². The summed E-state index contributed by atoms with van der Waals surface area (Å²) in [5.74, 6) is 1.16. The van der Waals surface area contributed by atoms with Crippen LogP contribution in [0.1, 0.15) is 41.3 Å². The van der Waals surface area contributed by atoms with Gasteiger partial charge in [-0.15, -0.1) is 0 Å². The molecule has 0 radical (unpaired) electrons. The molecular weight excluding hydrogens is 266 g/mol. The maximum atomic E-state index is 11.5. The van der Waals surface area contributed by atoms with Crippen molar-refractivity contribution in [3.8, 4) is 11.5 Å². The zero-order valence-corrected chi connectivity index (χ0v) is 14.7. The first-order valence-electron chi connectivity index (χ1n) is 6.96. The summed E-state index contributed by atoms with van der Waals surface area (Å²) < 4.78 is 10.4. The van der Waals surface area contributed by atoms with Crippen LogP contribution in [0.25, 0.3) is 0 Å². The number of unbranched alkanes of at least 4 members (excludes halogenated alkanes) is 1.